The van der Waals surface area contributed by atoms with Crippen LogP contribution in [0.25, 0.3) is 11.4 Å². The van der Waals surface area contributed by atoms with E-state index in [4.69, 9.17) is 4.74 Å². The Balaban J connectivity index is 1.29. The van der Waals surface area contributed by atoms with E-state index in [0.29, 0.717) is 45.0 Å². The van der Waals surface area contributed by atoms with Crippen LogP contribution in [0.3, 0.4) is 0 Å². The lowest BCUT2D eigenvalue weighted by molar-refractivity contribution is -0.121. The summed E-state index contributed by atoms with van der Waals surface area (Å²) >= 11 is 3.57. The topological polar surface area (TPSA) is 81.9 Å². The summed E-state index contributed by atoms with van der Waals surface area (Å²) in [7, 11) is 0. The Kier molecular flexibility index (Phi) is 7.09. The minimum absolute atomic E-state index is 0.0456. The molecule has 1 saturated heterocycles. The van der Waals surface area contributed by atoms with Gasteiger partial charge < -0.3 is 10.1 Å². The summed E-state index contributed by atoms with van der Waals surface area (Å²) in [6.07, 6.45) is 2.88. The van der Waals surface area contributed by atoms with E-state index in [2.05, 4.69) is 48.8 Å². The van der Waals surface area contributed by atoms with E-state index in [1.165, 1.54) is 5.56 Å². The Labute approximate surface area is 190 Å². The van der Waals surface area contributed by atoms with E-state index in [1.54, 1.807) is 4.80 Å². The number of aryl methyl sites for hydroxylation is 1. The van der Waals surface area contributed by atoms with Crippen molar-refractivity contribution in [2.24, 2.45) is 0 Å². The average molecular weight is 484 g/mol. The molecule has 0 aliphatic carbocycles. The maximum Gasteiger partial charge on any atom is 0.220 e. The Bertz CT molecular complexity index is 1000. The number of benzene rings is 2. The molecule has 1 N–H and O–H groups in total. The predicted octanol–water partition coefficient (Wildman–Crippen LogP) is 3.75. The Morgan fingerprint density at radius 3 is 2.71 bits per heavy atom. The second-order valence-corrected chi connectivity index (χ2v) is 8.77. The van der Waals surface area contributed by atoms with Gasteiger partial charge in [0.25, 0.3) is 0 Å². The fourth-order valence-electron chi connectivity index (χ4n) is 3.93. The van der Waals surface area contributed by atoms with Crippen LogP contribution in [-0.4, -0.2) is 45.9 Å². The van der Waals surface area contributed by atoms with E-state index in [0.717, 1.165) is 22.9 Å². The predicted molar refractivity (Wildman–Crippen MR) is 121 cm³/mol. The number of halogens is 1. The van der Waals surface area contributed by atoms with E-state index in [9.17, 15) is 4.79 Å². The molecule has 8 heteroatoms. The number of aromatic nitrogens is 4. The molecule has 4 rings (SSSR count). The molecule has 1 aromatic heterocycles. The Hall–Kier alpha value is -2.58. The third-order valence-corrected chi connectivity index (χ3v) is 6.25. The van der Waals surface area contributed by atoms with Gasteiger partial charge in [0.05, 0.1) is 6.54 Å². The SMILES string of the molecule is O=C(CCCn1nnc(-c2ccccc2)n1)NCC1(c2cccc(Br)c2)CCOCC1. The molecule has 0 saturated carbocycles. The smallest absolute Gasteiger partial charge is 0.220 e. The fraction of sp³-hybridized carbons (Fsp3) is 0.391. The van der Waals surface area contributed by atoms with Gasteiger partial charge >= 0.3 is 0 Å². The number of hydrogen-bond donors (Lipinski definition) is 1. The van der Waals surface area contributed by atoms with Gasteiger partial charge in [0.15, 0.2) is 0 Å². The first-order valence-corrected chi connectivity index (χ1v) is 11.4. The number of nitrogens with zero attached hydrogens (tertiary/aromatic N) is 4. The van der Waals surface area contributed by atoms with E-state index in [1.807, 2.05) is 42.5 Å². The molecular weight excluding hydrogens is 458 g/mol. The second-order valence-electron chi connectivity index (χ2n) is 7.86. The summed E-state index contributed by atoms with van der Waals surface area (Å²) in [4.78, 5) is 14.1. The van der Waals surface area contributed by atoms with Crippen LogP contribution in [0.4, 0.5) is 0 Å². The van der Waals surface area contributed by atoms with E-state index >= 15 is 0 Å². The van der Waals surface area contributed by atoms with Gasteiger partial charge in [-0.2, -0.15) is 4.80 Å². The van der Waals surface area contributed by atoms with Crippen LogP contribution >= 0.6 is 15.9 Å². The Morgan fingerprint density at radius 2 is 1.94 bits per heavy atom. The number of hydrogen-bond acceptors (Lipinski definition) is 5. The normalized spacial score (nSPS) is 15.5. The van der Waals surface area contributed by atoms with Gasteiger partial charge in [0, 0.05) is 41.6 Å². The summed E-state index contributed by atoms with van der Waals surface area (Å²) in [5.74, 6) is 0.643. The highest BCUT2D eigenvalue weighted by molar-refractivity contribution is 9.10. The molecule has 162 valence electrons. The monoisotopic (exact) mass is 483 g/mol. The fourth-order valence-corrected chi connectivity index (χ4v) is 4.33. The molecule has 2 heterocycles. The molecule has 0 radical (unpaired) electrons. The minimum Gasteiger partial charge on any atom is -0.381 e. The summed E-state index contributed by atoms with van der Waals surface area (Å²) in [5.41, 5.74) is 2.09. The van der Waals surface area contributed by atoms with Gasteiger partial charge in [-0.25, -0.2) is 0 Å². The first-order valence-electron chi connectivity index (χ1n) is 10.6. The lowest BCUT2D eigenvalue weighted by Gasteiger charge is -2.38. The highest BCUT2D eigenvalue weighted by Gasteiger charge is 2.34. The molecule has 0 atom stereocenters. The zero-order chi connectivity index (χ0) is 21.5. The van der Waals surface area contributed by atoms with Crippen LogP contribution in [0.2, 0.25) is 0 Å². The summed E-state index contributed by atoms with van der Waals surface area (Å²) < 4.78 is 6.64. The lowest BCUT2D eigenvalue weighted by atomic mass is 9.74. The van der Waals surface area contributed by atoms with E-state index in [-0.39, 0.29) is 11.3 Å². The van der Waals surface area contributed by atoms with Crippen molar-refractivity contribution in [3.63, 3.8) is 0 Å². The molecule has 3 aromatic rings. The molecule has 0 spiro atoms. The van der Waals surface area contributed by atoms with Crippen molar-refractivity contribution >= 4 is 21.8 Å². The summed E-state index contributed by atoms with van der Waals surface area (Å²) in [6.45, 7) is 2.59. The highest BCUT2D eigenvalue weighted by Crippen LogP contribution is 2.35. The number of carbonyl (C=O) groups is 1. The van der Waals surface area contributed by atoms with Crippen molar-refractivity contribution in [2.75, 3.05) is 19.8 Å². The third kappa shape index (κ3) is 5.57. The molecule has 1 aliphatic heterocycles. The summed E-state index contributed by atoms with van der Waals surface area (Å²) in [5, 5.41) is 15.7. The van der Waals surface area contributed by atoms with Gasteiger partial charge in [-0.05, 0) is 42.2 Å². The summed E-state index contributed by atoms with van der Waals surface area (Å²) in [6, 6.07) is 18.1. The molecule has 1 aliphatic rings. The third-order valence-electron chi connectivity index (χ3n) is 5.76. The lowest BCUT2D eigenvalue weighted by Crippen LogP contribution is -2.44. The highest BCUT2D eigenvalue weighted by atomic mass is 79.9. The van der Waals surface area contributed by atoms with E-state index < -0.39 is 0 Å². The quantitative estimate of drug-likeness (QED) is 0.527. The Morgan fingerprint density at radius 1 is 1.13 bits per heavy atom. The van der Waals surface area contributed by atoms with Crippen molar-refractivity contribution in [1.29, 1.82) is 0 Å². The molecule has 1 amide bonds. The zero-order valence-electron chi connectivity index (χ0n) is 17.3. The van der Waals surface area contributed by atoms with Gasteiger partial charge in [-0.15, -0.1) is 10.2 Å². The first-order chi connectivity index (χ1) is 15.1. The largest absolute Gasteiger partial charge is 0.381 e. The van der Waals surface area contributed by atoms with Gasteiger partial charge in [-0.3, -0.25) is 4.79 Å². The standard InChI is InChI=1S/C23H26BrN5O2/c24-20-9-4-8-19(16-20)23(11-14-31-15-12-23)17-25-21(30)10-5-13-29-27-22(26-28-29)18-6-2-1-3-7-18/h1-4,6-9,16H,5,10-15,17H2,(H,25,30). The minimum atomic E-state index is -0.0876. The first kappa shape index (κ1) is 21.6. The molecular formula is C23H26BrN5O2. The van der Waals surface area contributed by atoms with Crippen molar-refractivity contribution in [3.05, 3.63) is 64.6 Å². The van der Waals surface area contributed by atoms with Gasteiger partial charge in [0.1, 0.15) is 0 Å². The van der Waals surface area contributed by atoms with Crippen LogP contribution in [0, 0.1) is 0 Å². The number of nitrogens with one attached hydrogen (secondary N) is 1. The number of amides is 1. The van der Waals surface area contributed by atoms with Crippen molar-refractivity contribution in [1.82, 2.24) is 25.5 Å². The van der Waals surface area contributed by atoms with Crippen LogP contribution in [0.5, 0.6) is 0 Å². The maximum atomic E-state index is 12.5. The number of tetrazole rings is 1. The van der Waals surface area contributed by atoms with Crippen molar-refractivity contribution in [2.45, 2.75) is 37.6 Å². The molecule has 2 aromatic carbocycles. The van der Waals surface area contributed by atoms with Crippen molar-refractivity contribution < 1.29 is 9.53 Å². The zero-order valence-corrected chi connectivity index (χ0v) is 18.9. The van der Waals surface area contributed by atoms with Gasteiger partial charge in [-0.1, -0.05) is 58.4 Å². The second kappa shape index (κ2) is 10.2. The number of rotatable bonds is 8. The van der Waals surface area contributed by atoms with Crippen LogP contribution in [0.15, 0.2) is 59.1 Å². The van der Waals surface area contributed by atoms with Crippen LogP contribution < -0.4 is 5.32 Å². The molecule has 7 nitrogen and oxygen atoms in total. The van der Waals surface area contributed by atoms with Crippen LogP contribution in [0.1, 0.15) is 31.2 Å². The maximum absolute atomic E-state index is 12.5. The number of carbonyl (C=O) groups excluding carboxylic acids is 1. The molecule has 1 fully saturated rings. The molecule has 0 unspecified atom stereocenters. The van der Waals surface area contributed by atoms with Gasteiger partial charge in [0.2, 0.25) is 11.7 Å². The van der Waals surface area contributed by atoms with Crippen LogP contribution in [-0.2, 0) is 21.5 Å². The molecule has 31 heavy (non-hydrogen) atoms. The number of ether oxygens (including phenoxy) is 1. The van der Waals surface area contributed by atoms with Crippen molar-refractivity contribution in [3.8, 4) is 11.4 Å². The molecule has 0 bridgehead atoms. The average Bonchev–Trinajstić information content (AvgIpc) is 3.28.